The van der Waals surface area contributed by atoms with Crippen molar-refractivity contribution in [1.82, 2.24) is 5.32 Å². The Bertz CT molecular complexity index is 473. The van der Waals surface area contributed by atoms with Gasteiger partial charge in [0, 0.05) is 5.92 Å². The number of alkyl carbamates (subject to hydrolysis) is 1. The number of ether oxygens (including phenoxy) is 1. The molecule has 1 aromatic carbocycles. The molecule has 18 heavy (non-hydrogen) atoms. The normalized spacial score (nSPS) is 10.7. The SMILES string of the molecule is CC(C#CC(=O)O)NC(=O)OCc1ccccc1. The molecule has 0 bridgehead atoms. The summed E-state index contributed by atoms with van der Waals surface area (Å²) in [6.45, 7) is 1.73. The van der Waals surface area contributed by atoms with Crippen LogP contribution in [0.25, 0.3) is 0 Å². The average molecular weight is 247 g/mol. The van der Waals surface area contributed by atoms with Crippen LogP contribution in [0.4, 0.5) is 4.79 Å². The van der Waals surface area contributed by atoms with Crippen molar-refractivity contribution >= 4 is 12.1 Å². The highest BCUT2D eigenvalue weighted by atomic mass is 16.5. The Morgan fingerprint density at radius 1 is 1.39 bits per heavy atom. The molecule has 1 atom stereocenters. The van der Waals surface area contributed by atoms with Gasteiger partial charge in [-0.3, -0.25) is 0 Å². The van der Waals surface area contributed by atoms with Gasteiger partial charge in [-0.05, 0) is 12.5 Å². The zero-order valence-electron chi connectivity index (χ0n) is 9.84. The van der Waals surface area contributed by atoms with Gasteiger partial charge in [0.1, 0.15) is 6.61 Å². The zero-order chi connectivity index (χ0) is 13.4. The highest BCUT2D eigenvalue weighted by Crippen LogP contribution is 2.00. The van der Waals surface area contributed by atoms with Crippen molar-refractivity contribution in [1.29, 1.82) is 0 Å². The van der Waals surface area contributed by atoms with E-state index < -0.39 is 18.1 Å². The standard InChI is InChI=1S/C13H13NO4/c1-10(7-8-12(15)16)14-13(17)18-9-11-5-3-2-4-6-11/h2-6,10H,9H2,1H3,(H,14,17)(H,15,16). The molecule has 0 aliphatic rings. The highest BCUT2D eigenvalue weighted by Gasteiger charge is 2.05. The number of carbonyl (C=O) groups excluding carboxylic acids is 1. The second-order valence-corrected chi connectivity index (χ2v) is 3.50. The molecule has 0 spiro atoms. The first-order valence-corrected chi connectivity index (χ1v) is 5.29. The van der Waals surface area contributed by atoms with Crippen LogP contribution in [0.2, 0.25) is 0 Å². The van der Waals surface area contributed by atoms with E-state index in [2.05, 4.69) is 11.2 Å². The number of amides is 1. The average Bonchev–Trinajstić information content (AvgIpc) is 2.35. The van der Waals surface area contributed by atoms with Crippen molar-refractivity contribution in [3.63, 3.8) is 0 Å². The van der Waals surface area contributed by atoms with E-state index in [1.165, 1.54) is 0 Å². The monoisotopic (exact) mass is 247 g/mol. The topological polar surface area (TPSA) is 75.6 Å². The van der Waals surface area contributed by atoms with Crippen molar-refractivity contribution < 1.29 is 19.4 Å². The van der Waals surface area contributed by atoms with Gasteiger partial charge in [0.2, 0.25) is 0 Å². The van der Waals surface area contributed by atoms with E-state index in [1.54, 1.807) is 6.92 Å². The highest BCUT2D eigenvalue weighted by molar-refractivity contribution is 5.86. The Morgan fingerprint density at radius 3 is 2.67 bits per heavy atom. The lowest BCUT2D eigenvalue weighted by atomic mass is 10.2. The third-order valence-electron chi connectivity index (χ3n) is 1.94. The molecule has 1 amide bonds. The van der Waals surface area contributed by atoms with Crippen LogP contribution in [-0.4, -0.2) is 23.2 Å². The quantitative estimate of drug-likeness (QED) is 0.791. The maximum Gasteiger partial charge on any atom is 0.408 e. The fraction of sp³-hybridized carbons (Fsp3) is 0.231. The summed E-state index contributed by atoms with van der Waals surface area (Å²) in [4.78, 5) is 21.5. The molecule has 5 nitrogen and oxygen atoms in total. The van der Waals surface area contributed by atoms with Crippen LogP contribution < -0.4 is 5.32 Å². The van der Waals surface area contributed by atoms with Crippen molar-refractivity contribution in [2.45, 2.75) is 19.6 Å². The predicted octanol–water partition coefficient (Wildman–Crippen LogP) is 1.39. The number of carboxylic acid groups (broad SMARTS) is 1. The second kappa shape index (κ2) is 6.97. The molecule has 1 unspecified atom stereocenters. The summed E-state index contributed by atoms with van der Waals surface area (Å²) >= 11 is 0. The molecule has 0 aliphatic carbocycles. The minimum Gasteiger partial charge on any atom is -0.472 e. The summed E-state index contributed by atoms with van der Waals surface area (Å²) < 4.78 is 4.94. The molecule has 94 valence electrons. The van der Waals surface area contributed by atoms with Crippen LogP contribution in [-0.2, 0) is 16.1 Å². The third kappa shape index (κ3) is 5.56. The van der Waals surface area contributed by atoms with E-state index in [1.807, 2.05) is 36.3 Å². The summed E-state index contributed by atoms with van der Waals surface area (Å²) in [6, 6.07) is 8.65. The molecule has 0 aromatic heterocycles. The van der Waals surface area contributed by atoms with E-state index in [9.17, 15) is 9.59 Å². The smallest absolute Gasteiger partial charge is 0.408 e. The molecule has 0 fully saturated rings. The van der Waals surface area contributed by atoms with Crippen molar-refractivity contribution in [3.05, 3.63) is 35.9 Å². The minimum atomic E-state index is -1.23. The van der Waals surface area contributed by atoms with Gasteiger partial charge < -0.3 is 15.2 Å². The number of aliphatic carboxylic acids is 1. The maximum absolute atomic E-state index is 11.3. The summed E-state index contributed by atoms with van der Waals surface area (Å²) in [6.07, 6.45) is -0.633. The summed E-state index contributed by atoms with van der Waals surface area (Å²) in [5.41, 5.74) is 0.872. The van der Waals surface area contributed by atoms with Crippen LogP contribution in [0, 0.1) is 11.8 Å². The lowest BCUT2D eigenvalue weighted by molar-refractivity contribution is -0.130. The molecule has 5 heteroatoms. The third-order valence-corrected chi connectivity index (χ3v) is 1.94. The Hall–Kier alpha value is -2.48. The number of hydrogen-bond donors (Lipinski definition) is 2. The first kappa shape index (κ1) is 13.6. The number of benzene rings is 1. The van der Waals surface area contributed by atoms with Crippen LogP contribution in [0.5, 0.6) is 0 Å². The number of hydrogen-bond acceptors (Lipinski definition) is 3. The van der Waals surface area contributed by atoms with E-state index in [0.29, 0.717) is 0 Å². The first-order chi connectivity index (χ1) is 8.58. The zero-order valence-corrected chi connectivity index (χ0v) is 9.84. The molecular weight excluding hydrogens is 234 g/mol. The number of rotatable bonds is 3. The van der Waals surface area contributed by atoms with E-state index in [0.717, 1.165) is 5.56 Å². The fourth-order valence-electron chi connectivity index (χ4n) is 1.15. The Morgan fingerprint density at radius 2 is 2.06 bits per heavy atom. The number of carboxylic acids is 1. The van der Waals surface area contributed by atoms with Crippen LogP contribution >= 0.6 is 0 Å². The lowest BCUT2D eigenvalue weighted by Gasteiger charge is -2.08. The summed E-state index contributed by atoms with van der Waals surface area (Å²) in [5.74, 6) is 3.04. The molecule has 0 heterocycles. The summed E-state index contributed by atoms with van der Waals surface area (Å²) in [7, 11) is 0. The molecule has 2 N–H and O–H groups in total. The first-order valence-electron chi connectivity index (χ1n) is 5.29. The Kier molecular flexibility index (Phi) is 5.26. The van der Waals surface area contributed by atoms with E-state index in [4.69, 9.17) is 9.84 Å². The Labute approximate surface area is 105 Å². The summed E-state index contributed by atoms with van der Waals surface area (Å²) in [5, 5.41) is 10.7. The molecular formula is C13H13NO4. The number of nitrogens with one attached hydrogen (secondary N) is 1. The van der Waals surface area contributed by atoms with Gasteiger partial charge >= 0.3 is 12.1 Å². The van der Waals surface area contributed by atoms with Crippen molar-refractivity contribution in [3.8, 4) is 11.8 Å². The predicted molar refractivity (Wildman–Crippen MR) is 64.6 cm³/mol. The van der Waals surface area contributed by atoms with Gasteiger partial charge in [-0.15, -0.1) is 0 Å². The fourth-order valence-corrected chi connectivity index (χ4v) is 1.15. The largest absolute Gasteiger partial charge is 0.472 e. The molecule has 1 aromatic rings. The maximum atomic E-state index is 11.3. The lowest BCUT2D eigenvalue weighted by Crippen LogP contribution is -2.32. The van der Waals surface area contributed by atoms with Crippen molar-refractivity contribution in [2.24, 2.45) is 0 Å². The molecule has 0 aliphatic heterocycles. The molecule has 0 saturated carbocycles. The Balaban J connectivity index is 2.35. The van der Waals surface area contributed by atoms with Gasteiger partial charge in [-0.2, -0.15) is 0 Å². The van der Waals surface area contributed by atoms with Gasteiger partial charge in [-0.25, -0.2) is 9.59 Å². The van der Waals surface area contributed by atoms with Gasteiger partial charge in [0.15, 0.2) is 0 Å². The van der Waals surface area contributed by atoms with Crippen LogP contribution in [0.1, 0.15) is 12.5 Å². The number of carbonyl (C=O) groups is 2. The van der Waals surface area contributed by atoms with E-state index >= 15 is 0 Å². The van der Waals surface area contributed by atoms with Crippen molar-refractivity contribution in [2.75, 3.05) is 0 Å². The molecule has 0 saturated heterocycles. The molecule has 1 rings (SSSR count). The van der Waals surface area contributed by atoms with E-state index in [-0.39, 0.29) is 6.61 Å². The molecule has 0 radical (unpaired) electrons. The van der Waals surface area contributed by atoms with Crippen LogP contribution in [0.15, 0.2) is 30.3 Å². The minimum absolute atomic E-state index is 0.158. The van der Waals surface area contributed by atoms with Gasteiger partial charge in [0.05, 0.1) is 6.04 Å². The van der Waals surface area contributed by atoms with Gasteiger partial charge in [-0.1, -0.05) is 36.3 Å². The van der Waals surface area contributed by atoms with Gasteiger partial charge in [0.25, 0.3) is 0 Å². The second-order valence-electron chi connectivity index (χ2n) is 3.50. The van der Waals surface area contributed by atoms with Crippen LogP contribution in [0.3, 0.4) is 0 Å².